The lowest BCUT2D eigenvalue weighted by Gasteiger charge is -2.26. The maximum atomic E-state index is 13.6. The lowest BCUT2D eigenvalue weighted by molar-refractivity contribution is 0.444. The van der Waals surface area contributed by atoms with Crippen LogP contribution in [0.15, 0.2) is 18.2 Å². The van der Waals surface area contributed by atoms with Crippen LogP contribution in [-0.2, 0) is 5.41 Å². The summed E-state index contributed by atoms with van der Waals surface area (Å²) < 4.78 is 26.4. The van der Waals surface area contributed by atoms with Crippen molar-refractivity contribution in [2.75, 3.05) is 13.1 Å². The third kappa shape index (κ3) is 3.79. The van der Waals surface area contributed by atoms with Gasteiger partial charge in [-0.1, -0.05) is 19.9 Å². The number of hydrogen-bond acceptors (Lipinski definition) is 2. The molecule has 4 heteroatoms. The fourth-order valence-electron chi connectivity index (χ4n) is 1.68. The van der Waals surface area contributed by atoms with E-state index in [9.17, 15) is 8.78 Å². The Hall–Kier alpha value is -1.47. The van der Waals surface area contributed by atoms with Crippen molar-refractivity contribution in [3.8, 4) is 6.07 Å². The first kappa shape index (κ1) is 13.6. The van der Waals surface area contributed by atoms with E-state index in [2.05, 4.69) is 5.32 Å². The largest absolute Gasteiger partial charge is 0.315 e. The van der Waals surface area contributed by atoms with E-state index < -0.39 is 17.0 Å². The molecular weight excluding hydrogens is 222 g/mol. The summed E-state index contributed by atoms with van der Waals surface area (Å²) >= 11 is 0. The van der Waals surface area contributed by atoms with Crippen LogP contribution in [0.25, 0.3) is 0 Å². The number of nitriles is 1. The molecule has 17 heavy (non-hydrogen) atoms. The van der Waals surface area contributed by atoms with E-state index in [1.165, 1.54) is 12.1 Å². The molecule has 0 heterocycles. The van der Waals surface area contributed by atoms with Crippen LogP contribution >= 0.6 is 0 Å². The highest BCUT2D eigenvalue weighted by Crippen LogP contribution is 2.25. The third-order valence-electron chi connectivity index (χ3n) is 2.64. The van der Waals surface area contributed by atoms with Crippen LogP contribution in [0.4, 0.5) is 8.78 Å². The van der Waals surface area contributed by atoms with Gasteiger partial charge in [-0.05, 0) is 11.6 Å². The van der Waals surface area contributed by atoms with E-state index in [1.54, 1.807) is 0 Å². The Kier molecular flexibility index (Phi) is 4.59. The van der Waals surface area contributed by atoms with Gasteiger partial charge in [0.1, 0.15) is 11.6 Å². The predicted octanol–water partition coefficient (Wildman–Crippen LogP) is 2.75. The Balaban J connectivity index is 2.72. The average molecular weight is 238 g/mol. The molecule has 0 amide bonds. The molecule has 0 aliphatic rings. The van der Waals surface area contributed by atoms with Crippen molar-refractivity contribution in [3.63, 3.8) is 0 Å². The van der Waals surface area contributed by atoms with Gasteiger partial charge in [0, 0.05) is 31.0 Å². The van der Waals surface area contributed by atoms with Gasteiger partial charge in [0.2, 0.25) is 0 Å². The molecule has 1 N–H and O–H groups in total. The van der Waals surface area contributed by atoms with E-state index in [1.807, 2.05) is 19.9 Å². The molecule has 92 valence electrons. The summed E-state index contributed by atoms with van der Waals surface area (Å²) in [7, 11) is 0. The zero-order valence-electron chi connectivity index (χ0n) is 10.1. The van der Waals surface area contributed by atoms with E-state index >= 15 is 0 Å². The Bertz CT molecular complexity index is 422. The van der Waals surface area contributed by atoms with E-state index in [0.29, 0.717) is 25.1 Å². The molecule has 0 bridgehead atoms. The lowest BCUT2D eigenvalue weighted by Crippen LogP contribution is -2.34. The average Bonchev–Trinajstić information content (AvgIpc) is 2.24. The van der Waals surface area contributed by atoms with Crippen LogP contribution in [0, 0.1) is 23.0 Å². The van der Waals surface area contributed by atoms with E-state index in [4.69, 9.17) is 5.26 Å². The predicted molar refractivity (Wildman–Crippen MR) is 62.5 cm³/mol. The lowest BCUT2D eigenvalue weighted by atomic mass is 9.84. The maximum absolute atomic E-state index is 13.6. The van der Waals surface area contributed by atoms with Crippen LogP contribution in [-0.4, -0.2) is 13.1 Å². The second-order valence-corrected chi connectivity index (χ2v) is 4.59. The molecule has 0 spiro atoms. The Morgan fingerprint density at radius 1 is 1.35 bits per heavy atom. The van der Waals surface area contributed by atoms with Crippen molar-refractivity contribution in [2.24, 2.45) is 0 Å². The highest BCUT2D eigenvalue weighted by molar-refractivity contribution is 5.26. The smallest absolute Gasteiger partial charge is 0.129 e. The van der Waals surface area contributed by atoms with Crippen LogP contribution in [0.1, 0.15) is 25.8 Å². The van der Waals surface area contributed by atoms with Gasteiger partial charge >= 0.3 is 0 Å². The minimum absolute atomic E-state index is 0.419. The summed E-state index contributed by atoms with van der Waals surface area (Å²) in [4.78, 5) is 0. The second-order valence-electron chi connectivity index (χ2n) is 4.59. The SMILES string of the molecule is CC(C)(CNCCC#N)c1ccc(F)cc1F. The fraction of sp³-hybridized carbons (Fsp3) is 0.462. The van der Waals surface area contributed by atoms with Crippen molar-refractivity contribution < 1.29 is 8.78 Å². The van der Waals surface area contributed by atoms with Gasteiger partial charge < -0.3 is 5.32 Å². The molecule has 0 unspecified atom stereocenters. The third-order valence-corrected chi connectivity index (χ3v) is 2.64. The molecule has 0 fully saturated rings. The molecular formula is C13H16F2N2. The van der Waals surface area contributed by atoms with Crippen molar-refractivity contribution in [3.05, 3.63) is 35.4 Å². The zero-order chi connectivity index (χ0) is 12.9. The van der Waals surface area contributed by atoms with Gasteiger partial charge in [-0.15, -0.1) is 0 Å². The molecule has 1 aromatic rings. The second kappa shape index (κ2) is 5.74. The number of hydrogen-bond donors (Lipinski definition) is 1. The summed E-state index contributed by atoms with van der Waals surface area (Å²) in [5, 5.41) is 11.5. The molecule has 0 aliphatic carbocycles. The van der Waals surface area contributed by atoms with Crippen LogP contribution in [0.2, 0.25) is 0 Å². The number of halogens is 2. The van der Waals surface area contributed by atoms with Gasteiger partial charge in [0.15, 0.2) is 0 Å². The normalized spacial score (nSPS) is 11.2. The van der Waals surface area contributed by atoms with Crippen LogP contribution in [0.5, 0.6) is 0 Å². The first-order chi connectivity index (χ1) is 7.97. The van der Waals surface area contributed by atoms with Gasteiger partial charge in [0.05, 0.1) is 6.07 Å². The first-order valence-corrected chi connectivity index (χ1v) is 5.50. The van der Waals surface area contributed by atoms with E-state index in [0.717, 1.165) is 6.07 Å². The molecule has 1 aromatic carbocycles. The minimum atomic E-state index is -0.570. The minimum Gasteiger partial charge on any atom is -0.315 e. The van der Waals surface area contributed by atoms with Crippen molar-refractivity contribution in [1.82, 2.24) is 5.32 Å². The monoisotopic (exact) mass is 238 g/mol. The van der Waals surface area contributed by atoms with Gasteiger partial charge in [-0.3, -0.25) is 0 Å². The van der Waals surface area contributed by atoms with Gasteiger partial charge in [-0.25, -0.2) is 8.78 Å². The summed E-state index contributed by atoms with van der Waals surface area (Å²) in [5.74, 6) is -1.10. The fourth-order valence-corrected chi connectivity index (χ4v) is 1.68. The van der Waals surface area contributed by atoms with Crippen LogP contribution < -0.4 is 5.32 Å². The molecule has 0 aliphatic heterocycles. The molecule has 0 radical (unpaired) electrons. The standard InChI is InChI=1S/C13H16F2N2/c1-13(2,9-17-7-3-6-16)11-5-4-10(14)8-12(11)15/h4-5,8,17H,3,7,9H2,1-2H3. The molecule has 0 saturated heterocycles. The summed E-state index contributed by atoms with van der Waals surface area (Å²) in [6.45, 7) is 4.87. The molecule has 0 saturated carbocycles. The molecule has 0 atom stereocenters. The van der Waals surface area contributed by atoms with Crippen molar-refractivity contribution in [2.45, 2.75) is 25.7 Å². The van der Waals surface area contributed by atoms with E-state index in [-0.39, 0.29) is 0 Å². The number of benzene rings is 1. The Morgan fingerprint density at radius 2 is 2.06 bits per heavy atom. The van der Waals surface area contributed by atoms with Crippen LogP contribution in [0.3, 0.4) is 0 Å². The van der Waals surface area contributed by atoms with Gasteiger partial charge in [-0.2, -0.15) is 5.26 Å². The van der Waals surface area contributed by atoms with Gasteiger partial charge in [0.25, 0.3) is 0 Å². The topological polar surface area (TPSA) is 35.8 Å². The quantitative estimate of drug-likeness (QED) is 0.801. The highest BCUT2D eigenvalue weighted by Gasteiger charge is 2.23. The highest BCUT2D eigenvalue weighted by atomic mass is 19.1. The number of rotatable bonds is 5. The summed E-state index contributed by atoms with van der Waals surface area (Å²) in [6.07, 6.45) is 0.419. The zero-order valence-corrected chi connectivity index (χ0v) is 10.1. The van der Waals surface area contributed by atoms with Crippen molar-refractivity contribution in [1.29, 1.82) is 5.26 Å². The number of nitrogens with zero attached hydrogens (tertiary/aromatic N) is 1. The van der Waals surface area contributed by atoms with Crippen molar-refractivity contribution >= 4 is 0 Å². The molecule has 2 nitrogen and oxygen atoms in total. The molecule has 0 aromatic heterocycles. The first-order valence-electron chi connectivity index (χ1n) is 5.50. The maximum Gasteiger partial charge on any atom is 0.129 e. The number of nitrogens with one attached hydrogen (secondary N) is 1. The summed E-state index contributed by atoms with van der Waals surface area (Å²) in [5.41, 5.74) is 0.0381. The Morgan fingerprint density at radius 3 is 2.65 bits per heavy atom. The molecule has 1 rings (SSSR count). The summed E-state index contributed by atoms with van der Waals surface area (Å²) in [6, 6.07) is 5.65. The Labute approximate surface area is 100 Å².